The fourth-order valence-corrected chi connectivity index (χ4v) is 2.55. The van der Waals surface area contributed by atoms with Gasteiger partial charge in [-0.15, -0.1) is 0 Å². The topological polar surface area (TPSA) is 41.5 Å². The molecule has 0 saturated heterocycles. The molecule has 3 nitrogen and oxygen atoms in total. The summed E-state index contributed by atoms with van der Waals surface area (Å²) in [6.45, 7) is 7.81. The van der Waals surface area contributed by atoms with E-state index in [1.54, 1.807) is 0 Å². The summed E-state index contributed by atoms with van der Waals surface area (Å²) in [6.07, 6.45) is 7.33. The van der Waals surface area contributed by atoms with E-state index in [4.69, 9.17) is 4.74 Å². The minimum absolute atomic E-state index is 0.370. The van der Waals surface area contributed by atoms with Gasteiger partial charge in [-0.05, 0) is 32.1 Å². The molecule has 3 heteroatoms. The van der Waals surface area contributed by atoms with Crippen LogP contribution in [0, 0.1) is 5.92 Å². The second-order valence-electron chi connectivity index (χ2n) is 5.95. The number of aliphatic hydroxyl groups is 1. The Bertz CT molecular complexity index is 205. The molecule has 0 aromatic carbocycles. The molecular formula is C15H31NO2. The largest absolute Gasteiger partial charge is 0.389 e. The summed E-state index contributed by atoms with van der Waals surface area (Å²) in [5.74, 6) is 0.749. The third kappa shape index (κ3) is 6.72. The molecule has 0 aliphatic heterocycles. The van der Waals surface area contributed by atoms with Gasteiger partial charge in [0.05, 0.1) is 18.8 Å². The quantitative estimate of drug-likeness (QED) is 0.667. The lowest BCUT2D eigenvalue weighted by atomic mass is 10.0. The van der Waals surface area contributed by atoms with Gasteiger partial charge in [-0.1, -0.05) is 33.1 Å². The molecule has 0 radical (unpaired) electrons. The van der Waals surface area contributed by atoms with Gasteiger partial charge in [0.15, 0.2) is 0 Å². The van der Waals surface area contributed by atoms with Crippen LogP contribution in [0.5, 0.6) is 0 Å². The standard InChI is InChI=1S/C15H31NO2/c1-4-12(2)9-13(3)16-10-14(17)11-18-15-7-5-6-8-15/h12-17H,4-11H2,1-3H3. The van der Waals surface area contributed by atoms with Crippen molar-refractivity contribution < 1.29 is 9.84 Å². The predicted octanol–water partition coefficient (Wildman–Crippen LogP) is 2.72. The number of nitrogens with one attached hydrogen (secondary N) is 1. The molecule has 0 aromatic heterocycles. The van der Waals surface area contributed by atoms with E-state index in [9.17, 15) is 5.11 Å². The van der Waals surface area contributed by atoms with Crippen molar-refractivity contribution in [3.63, 3.8) is 0 Å². The summed E-state index contributed by atoms with van der Waals surface area (Å²) in [7, 11) is 0. The van der Waals surface area contributed by atoms with Crippen LogP contribution >= 0.6 is 0 Å². The summed E-state index contributed by atoms with van der Waals surface area (Å²) in [6, 6.07) is 0.473. The zero-order valence-corrected chi connectivity index (χ0v) is 12.3. The summed E-state index contributed by atoms with van der Waals surface area (Å²) in [4.78, 5) is 0. The highest BCUT2D eigenvalue weighted by atomic mass is 16.5. The fraction of sp³-hybridized carbons (Fsp3) is 1.00. The van der Waals surface area contributed by atoms with Crippen LogP contribution < -0.4 is 5.32 Å². The zero-order valence-electron chi connectivity index (χ0n) is 12.3. The molecule has 3 unspecified atom stereocenters. The Morgan fingerprint density at radius 3 is 2.56 bits per heavy atom. The van der Waals surface area contributed by atoms with Crippen LogP contribution in [-0.2, 0) is 4.74 Å². The summed E-state index contributed by atoms with van der Waals surface area (Å²) < 4.78 is 5.71. The van der Waals surface area contributed by atoms with E-state index in [0.717, 1.165) is 5.92 Å². The molecule has 0 spiro atoms. The van der Waals surface area contributed by atoms with Crippen molar-refractivity contribution in [1.82, 2.24) is 5.32 Å². The van der Waals surface area contributed by atoms with Crippen molar-refractivity contribution in [2.24, 2.45) is 5.92 Å². The van der Waals surface area contributed by atoms with E-state index < -0.39 is 0 Å². The maximum atomic E-state index is 9.86. The van der Waals surface area contributed by atoms with Gasteiger partial charge < -0.3 is 15.2 Å². The highest BCUT2D eigenvalue weighted by Gasteiger charge is 2.17. The molecule has 3 atom stereocenters. The second kappa shape index (κ2) is 8.89. The molecule has 0 bridgehead atoms. The Kier molecular flexibility index (Phi) is 7.87. The molecule has 1 saturated carbocycles. The maximum absolute atomic E-state index is 9.86. The Labute approximate surface area is 112 Å². The van der Waals surface area contributed by atoms with Crippen LogP contribution in [0.3, 0.4) is 0 Å². The van der Waals surface area contributed by atoms with Gasteiger partial charge in [0.25, 0.3) is 0 Å². The van der Waals surface area contributed by atoms with E-state index in [1.807, 2.05) is 0 Å². The van der Waals surface area contributed by atoms with Gasteiger partial charge in [-0.2, -0.15) is 0 Å². The highest BCUT2D eigenvalue weighted by Crippen LogP contribution is 2.20. The van der Waals surface area contributed by atoms with Crippen molar-refractivity contribution in [3.05, 3.63) is 0 Å². The number of hydrogen-bond acceptors (Lipinski definition) is 3. The molecule has 0 heterocycles. The van der Waals surface area contributed by atoms with Gasteiger partial charge in [-0.25, -0.2) is 0 Å². The molecule has 0 amide bonds. The van der Waals surface area contributed by atoms with Gasteiger partial charge in [0, 0.05) is 12.6 Å². The first-order chi connectivity index (χ1) is 8.61. The van der Waals surface area contributed by atoms with E-state index in [-0.39, 0.29) is 6.10 Å². The summed E-state index contributed by atoms with van der Waals surface area (Å²) >= 11 is 0. The van der Waals surface area contributed by atoms with E-state index in [0.29, 0.717) is 25.3 Å². The molecule has 1 fully saturated rings. The molecule has 1 rings (SSSR count). The molecule has 0 aromatic rings. The van der Waals surface area contributed by atoms with Gasteiger partial charge in [0.2, 0.25) is 0 Å². The van der Waals surface area contributed by atoms with Crippen molar-refractivity contribution in [2.45, 2.75) is 77.5 Å². The zero-order chi connectivity index (χ0) is 13.4. The number of ether oxygens (including phenoxy) is 1. The second-order valence-corrected chi connectivity index (χ2v) is 5.95. The van der Waals surface area contributed by atoms with E-state index >= 15 is 0 Å². The van der Waals surface area contributed by atoms with Gasteiger partial charge >= 0.3 is 0 Å². The molecule has 1 aliphatic carbocycles. The number of aliphatic hydroxyl groups excluding tert-OH is 1. The van der Waals surface area contributed by atoms with Crippen LogP contribution in [0.15, 0.2) is 0 Å². The first-order valence-corrected chi connectivity index (χ1v) is 7.64. The lowest BCUT2D eigenvalue weighted by molar-refractivity contribution is -0.00625. The Hall–Kier alpha value is -0.120. The van der Waals surface area contributed by atoms with Crippen molar-refractivity contribution in [1.29, 1.82) is 0 Å². The minimum Gasteiger partial charge on any atom is -0.389 e. The average Bonchev–Trinajstić information content (AvgIpc) is 2.86. The third-order valence-corrected chi connectivity index (χ3v) is 3.98. The van der Waals surface area contributed by atoms with Crippen molar-refractivity contribution in [2.75, 3.05) is 13.2 Å². The molecule has 1 aliphatic rings. The predicted molar refractivity (Wildman–Crippen MR) is 75.8 cm³/mol. The minimum atomic E-state index is -0.370. The van der Waals surface area contributed by atoms with Crippen LogP contribution in [-0.4, -0.2) is 36.5 Å². The molecular weight excluding hydrogens is 226 g/mol. The fourth-order valence-electron chi connectivity index (χ4n) is 2.55. The third-order valence-electron chi connectivity index (χ3n) is 3.98. The van der Waals surface area contributed by atoms with Crippen molar-refractivity contribution >= 4 is 0 Å². The highest BCUT2D eigenvalue weighted by molar-refractivity contribution is 4.70. The van der Waals surface area contributed by atoms with Crippen molar-refractivity contribution in [3.8, 4) is 0 Å². The summed E-state index contributed by atoms with van der Waals surface area (Å²) in [5, 5.41) is 13.3. The van der Waals surface area contributed by atoms with Gasteiger partial charge in [0.1, 0.15) is 0 Å². The molecule has 18 heavy (non-hydrogen) atoms. The number of hydrogen-bond donors (Lipinski definition) is 2. The van der Waals surface area contributed by atoms with E-state index in [1.165, 1.54) is 38.5 Å². The summed E-state index contributed by atoms with van der Waals surface area (Å²) in [5.41, 5.74) is 0. The number of rotatable bonds is 9. The van der Waals surface area contributed by atoms with Crippen LogP contribution in [0.25, 0.3) is 0 Å². The first kappa shape index (κ1) is 15.9. The molecule has 2 N–H and O–H groups in total. The monoisotopic (exact) mass is 257 g/mol. The lowest BCUT2D eigenvalue weighted by Crippen LogP contribution is -2.37. The smallest absolute Gasteiger partial charge is 0.0897 e. The van der Waals surface area contributed by atoms with Crippen LogP contribution in [0.2, 0.25) is 0 Å². The maximum Gasteiger partial charge on any atom is 0.0897 e. The normalized spacial score (nSPS) is 22.0. The van der Waals surface area contributed by atoms with E-state index in [2.05, 4.69) is 26.1 Å². The average molecular weight is 257 g/mol. The Balaban J connectivity index is 2.02. The molecule has 108 valence electrons. The van der Waals surface area contributed by atoms with Crippen LogP contribution in [0.4, 0.5) is 0 Å². The first-order valence-electron chi connectivity index (χ1n) is 7.64. The van der Waals surface area contributed by atoms with Crippen LogP contribution in [0.1, 0.15) is 59.3 Å². The Morgan fingerprint density at radius 1 is 1.28 bits per heavy atom. The Morgan fingerprint density at radius 2 is 1.94 bits per heavy atom. The SMILES string of the molecule is CCC(C)CC(C)NCC(O)COC1CCCC1. The lowest BCUT2D eigenvalue weighted by Gasteiger charge is -2.20. The van der Waals surface area contributed by atoms with Gasteiger partial charge in [-0.3, -0.25) is 0 Å².